The van der Waals surface area contributed by atoms with Gasteiger partial charge in [-0.15, -0.1) is 0 Å². The Labute approximate surface area is 115 Å². The van der Waals surface area contributed by atoms with Gasteiger partial charge in [0.25, 0.3) is 0 Å². The average Bonchev–Trinajstić information content (AvgIpc) is 3.06. The van der Waals surface area contributed by atoms with Gasteiger partial charge in [0.1, 0.15) is 5.52 Å². The van der Waals surface area contributed by atoms with Crippen LogP contribution >= 0.6 is 0 Å². The number of hydrogen-bond donors (Lipinski definition) is 2. The van der Waals surface area contributed by atoms with Crippen LogP contribution in [-0.4, -0.2) is 35.8 Å². The summed E-state index contributed by atoms with van der Waals surface area (Å²) in [6.07, 6.45) is 8.47. The molecule has 7 heteroatoms. The first-order valence-electron chi connectivity index (χ1n) is 6.71. The van der Waals surface area contributed by atoms with E-state index in [2.05, 4.69) is 30.5 Å². The molecule has 0 saturated heterocycles. The topological polar surface area (TPSA) is 84.3 Å². The van der Waals surface area contributed by atoms with Gasteiger partial charge in [-0.25, -0.2) is 9.97 Å². The highest BCUT2D eigenvalue weighted by Gasteiger charge is 2.20. The second kappa shape index (κ2) is 4.29. The molecule has 1 aliphatic rings. The van der Waals surface area contributed by atoms with Gasteiger partial charge in [0.05, 0.1) is 18.7 Å². The van der Waals surface area contributed by atoms with Crippen LogP contribution in [0.15, 0.2) is 18.7 Å². The minimum Gasteiger partial charge on any atom is -0.351 e. The Morgan fingerprint density at radius 1 is 1.35 bits per heavy atom. The number of nitrogens with zero attached hydrogens (tertiary/aromatic N) is 5. The van der Waals surface area contributed by atoms with Gasteiger partial charge in [-0.05, 0) is 18.4 Å². The van der Waals surface area contributed by atoms with E-state index in [-0.39, 0.29) is 0 Å². The van der Waals surface area contributed by atoms with Gasteiger partial charge < -0.3 is 9.88 Å². The Bertz CT molecular complexity index is 757. The first kappa shape index (κ1) is 11.4. The number of H-pyrrole nitrogens is 1. The maximum absolute atomic E-state index is 4.52. The summed E-state index contributed by atoms with van der Waals surface area (Å²) in [5, 5.41) is 10.6. The van der Waals surface area contributed by atoms with Crippen LogP contribution < -0.4 is 5.32 Å². The molecule has 3 heterocycles. The molecular weight excluding hydrogens is 254 g/mol. The lowest BCUT2D eigenvalue weighted by Gasteiger charge is -2.22. The van der Waals surface area contributed by atoms with Crippen molar-refractivity contribution in [2.75, 3.05) is 5.32 Å². The zero-order chi connectivity index (χ0) is 13.5. The Hall–Kier alpha value is -2.44. The highest BCUT2D eigenvalue weighted by molar-refractivity contribution is 5.70. The van der Waals surface area contributed by atoms with Gasteiger partial charge in [-0.3, -0.25) is 5.10 Å². The van der Waals surface area contributed by atoms with Crippen molar-refractivity contribution in [2.45, 2.75) is 25.3 Å². The number of aryl methyl sites for hydroxylation is 2. The summed E-state index contributed by atoms with van der Waals surface area (Å²) in [5.74, 6) is 0.661. The normalized spacial score (nSPS) is 18.1. The van der Waals surface area contributed by atoms with Crippen LogP contribution in [0.1, 0.15) is 17.7 Å². The number of aromatic nitrogens is 6. The maximum atomic E-state index is 4.52. The molecule has 1 aliphatic carbocycles. The fourth-order valence-electron chi connectivity index (χ4n) is 2.70. The molecule has 20 heavy (non-hydrogen) atoms. The zero-order valence-corrected chi connectivity index (χ0v) is 11.2. The second-order valence-corrected chi connectivity index (χ2v) is 5.22. The molecule has 0 saturated carbocycles. The molecule has 7 nitrogen and oxygen atoms in total. The van der Waals surface area contributed by atoms with Gasteiger partial charge in [-0.1, -0.05) is 0 Å². The highest BCUT2D eigenvalue weighted by Crippen LogP contribution is 2.21. The SMILES string of the molecule is Cn1cnc2cnc(NC3CCc4cn[nH]c4C3)nc21. The minimum absolute atomic E-state index is 0.341. The molecule has 0 aromatic carbocycles. The summed E-state index contributed by atoms with van der Waals surface area (Å²) in [4.78, 5) is 13.1. The minimum atomic E-state index is 0.341. The molecule has 3 aromatic heterocycles. The average molecular weight is 269 g/mol. The number of anilines is 1. The van der Waals surface area contributed by atoms with Crippen molar-refractivity contribution in [2.24, 2.45) is 7.05 Å². The van der Waals surface area contributed by atoms with E-state index in [1.807, 2.05) is 17.8 Å². The van der Waals surface area contributed by atoms with E-state index in [1.165, 1.54) is 11.3 Å². The lowest BCUT2D eigenvalue weighted by atomic mass is 9.94. The third-order valence-electron chi connectivity index (χ3n) is 3.81. The Kier molecular flexibility index (Phi) is 2.45. The molecule has 1 atom stereocenters. The van der Waals surface area contributed by atoms with Crippen LogP contribution in [0.25, 0.3) is 11.2 Å². The number of aromatic amines is 1. The van der Waals surface area contributed by atoms with Crippen LogP contribution in [0.5, 0.6) is 0 Å². The van der Waals surface area contributed by atoms with Crippen LogP contribution in [0.4, 0.5) is 5.95 Å². The largest absolute Gasteiger partial charge is 0.351 e. The molecule has 0 fully saturated rings. The van der Waals surface area contributed by atoms with E-state index in [9.17, 15) is 0 Å². The second-order valence-electron chi connectivity index (χ2n) is 5.22. The summed E-state index contributed by atoms with van der Waals surface area (Å²) in [6.45, 7) is 0. The van der Waals surface area contributed by atoms with Gasteiger partial charge in [0.2, 0.25) is 5.95 Å². The summed E-state index contributed by atoms with van der Waals surface area (Å²) in [6, 6.07) is 0.341. The van der Waals surface area contributed by atoms with Crippen LogP contribution in [0.3, 0.4) is 0 Å². The molecule has 102 valence electrons. The monoisotopic (exact) mass is 269 g/mol. The van der Waals surface area contributed by atoms with Crippen molar-refractivity contribution in [3.63, 3.8) is 0 Å². The van der Waals surface area contributed by atoms with Crippen LogP contribution in [0.2, 0.25) is 0 Å². The molecule has 0 amide bonds. The molecule has 2 N–H and O–H groups in total. The van der Waals surface area contributed by atoms with E-state index in [0.29, 0.717) is 12.0 Å². The van der Waals surface area contributed by atoms with Crippen molar-refractivity contribution >= 4 is 17.1 Å². The Morgan fingerprint density at radius 2 is 2.30 bits per heavy atom. The first-order valence-corrected chi connectivity index (χ1v) is 6.71. The number of fused-ring (bicyclic) bond motifs is 2. The summed E-state index contributed by atoms with van der Waals surface area (Å²) >= 11 is 0. The molecule has 3 aromatic rings. The maximum Gasteiger partial charge on any atom is 0.224 e. The predicted octanol–water partition coefficient (Wildman–Crippen LogP) is 1.06. The molecular formula is C13H15N7. The van der Waals surface area contributed by atoms with E-state index >= 15 is 0 Å². The van der Waals surface area contributed by atoms with Crippen LogP contribution in [-0.2, 0) is 19.9 Å². The Balaban J connectivity index is 1.57. The fraction of sp³-hybridized carbons (Fsp3) is 0.385. The fourth-order valence-corrected chi connectivity index (χ4v) is 2.70. The van der Waals surface area contributed by atoms with Gasteiger partial charge in [0.15, 0.2) is 5.65 Å². The quantitative estimate of drug-likeness (QED) is 0.726. The van der Waals surface area contributed by atoms with E-state index in [4.69, 9.17) is 0 Å². The van der Waals surface area contributed by atoms with Gasteiger partial charge in [-0.2, -0.15) is 10.1 Å². The number of nitrogens with one attached hydrogen (secondary N) is 2. The third-order valence-corrected chi connectivity index (χ3v) is 3.81. The zero-order valence-electron chi connectivity index (χ0n) is 11.2. The molecule has 4 rings (SSSR count). The molecule has 0 radical (unpaired) electrons. The number of imidazole rings is 1. The van der Waals surface area contributed by atoms with Crippen molar-refractivity contribution in [1.82, 2.24) is 29.7 Å². The van der Waals surface area contributed by atoms with E-state index < -0.39 is 0 Å². The smallest absolute Gasteiger partial charge is 0.224 e. The van der Waals surface area contributed by atoms with Crippen molar-refractivity contribution in [3.8, 4) is 0 Å². The molecule has 0 spiro atoms. The van der Waals surface area contributed by atoms with Crippen molar-refractivity contribution < 1.29 is 0 Å². The third kappa shape index (κ3) is 1.82. The standard InChI is InChI=1S/C13H15N7/c1-20-7-15-11-6-14-13(18-12(11)20)17-9-3-2-8-5-16-19-10(8)4-9/h5-7,9H,2-4H2,1H3,(H,16,19)(H,14,17,18). The van der Waals surface area contributed by atoms with E-state index in [0.717, 1.165) is 30.4 Å². The highest BCUT2D eigenvalue weighted by atomic mass is 15.2. The summed E-state index contributed by atoms with van der Waals surface area (Å²) in [5.41, 5.74) is 4.21. The summed E-state index contributed by atoms with van der Waals surface area (Å²) < 4.78 is 1.90. The number of hydrogen-bond acceptors (Lipinski definition) is 5. The molecule has 0 aliphatic heterocycles. The lowest BCUT2D eigenvalue weighted by molar-refractivity contribution is 0.598. The summed E-state index contributed by atoms with van der Waals surface area (Å²) in [7, 11) is 1.93. The predicted molar refractivity (Wildman–Crippen MR) is 74.3 cm³/mol. The molecule has 1 unspecified atom stereocenters. The first-order chi connectivity index (χ1) is 9.79. The van der Waals surface area contributed by atoms with Gasteiger partial charge >= 0.3 is 0 Å². The number of rotatable bonds is 2. The van der Waals surface area contributed by atoms with Crippen molar-refractivity contribution in [1.29, 1.82) is 0 Å². The van der Waals surface area contributed by atoms with Gasteiger partial charge in [0, 0.05) is 25.2 Å². The molecule has 0 bridgehead atoms. The Morgan fingerprint density at radius 3 is 3.25 bits per heavy atom. The van der Waals surface area contributed by atoms with Crippen LogP contribution in [0, 0.1) is 0 Å². The van der Waals surface area contributed by atoms with E-state index in [1.54, 1.807) is 12.5 Å². The van der Waals surface area contributed by atoms with Crippen molar-refractivity contribution in [3.05, 3.63) is 30.0 Å². The lowest BCUT2D eigenvalue weighted by Crippen LogP contribution is -2.28.